The fourth-order valence-electron chi connectivity index (χ4n) is 3.52. The summed E-state index contributed by atoms with van der Waals surface area (Å²) in [6.45, 7) is 7.96. The summed E-state index contributed by atoms with van der Waals surface area (Å²) in [5.41, 5.74) is 4.34. The molecule has 5 nitrogen and oxygen atoms in total. The molecule has 6 heteroatoms. The van der Waals surface area contributed by atoms with E-state index in [1.54, 1.807) is 24.4 Å². The van der Waals surface area contributed by atoms with Gasteiger partial charge in [0.05, 0.1) is 5.69 Å². The summed E-state index contributed by atoms with van der Waals surface area (Å²) in [5.74, 6) is 0.938. The summed E-state index contributed by atoms with van der Waals surface area (Å²) in [6.07, 6.45) is 1.71. The van der Waals surface area contributed by atoms with Crippen molar-refractivity contribution in [3.05, 3.63) is 71.7 Å². The molecule has 1 aliphatic heterocycles. The molecule has 0 atom stereocenters. The van der Waals surface area contributed by atoms with E-state index in [-0.39, 0.29) is 5.82 Å². The molecule has 0 saturated carbocycles. The molecule has 0 bridgehead atoms. The van der Waals surface area contributed by atoms with Gasteiger partial charge in [-0.05, 0) is 49.2 Å². The van der Waals surface area contributed by atoms with Gasteiger partial charge in [0, 0.05) is 38.1 Å². The van der Waals surface area contributed by atoms with E-state index < -0.39 is 0 Å². The molecule has 1 aliphatic rings. The van der Waals surface area contributed by atoms with Gasteiger partial charge in [-0.1, -0.05) is 24.3 Å². The lowest BCUT2D eigenvalue weighted by atomic mass is 10.1. The molecule has 2 heterocycles. The quantitative estimate of drug-likeness (QED) is 0.734. The molecule has 0 aliphatic carbocycles. The average molecular weight is 377 g/mol. The van der Waals surface area contributed by atoms with Crippen LogP contribution < -0.4 is 15.1 Å². The number of aryl methyl sites for hydroxylation is 1. The Hall–Kier alpha value is -3.15. The maximum atomic E-state index is 13.9. The summed E-state index contributed by atoms with van der Waals surface area (Å²) < 4.78 is 13.9. The molecule has 28 heavy (non-hydrogen) atoms. The minimum Gasteiger partial charge on any atom is -0.368 e. The molecule has 1 fully saturated rings. The first-order valence-corrected chi connectivity index (χ1v) is 9.52. The van der Waals surface area contributed by atoms with Crippen molar-refractivity contribution in [2.75, 3.05) is 41.3 Å². The van der Waals surface area contributed by atoms with Crippen LogP contribution in [0.1, 0.15) is 11.1 Å². The first-order chi connectivity index (χ1) is 13.6. The van der Waals surface area contributed by atoms with Gasteiger partial charge in [-0.25, -0.2) is 9.37 Å². The highest BCUT2D eigenvalue weighted by molar-refractivity contribution is 5.58. The van der Waals surface area contributed by atoms with Crippen LogP contribution in [0.4, 0.5) is 27.5 Å². The number of nitrogens with zero attached hydrogens (tertiary/aromatic N) is 4. The van der Waals surface area contributed by atoms with Crippen molar-refractivity contribution in [1.29, 1.82) is 0 Å². The van der Waals surface area contributed by atoms with Gasteiger partial charge < -0.3 is 15.1 Å². The van der Waals surface area contributed by atoms with Crippen LogP contribution in [0.15, 0.2) is 54.7 Å². The minimum atomic E-state index is -0.321. The van der Waals surface area contributed by atoms with Gasteiger partial charge in [-0.3, -0.25) is 0 Å². The minimum absolute atomic E-state index is 0.321. The van der Waals surface area contributed by atoms with E-state index in [4.69, 9.17) is 0 Å². The lowest BCUT2D eigenvalue weighted by molar-refractivity contribution is 0.631. The van der Waals surface area contributed by atoms with E-state index in [1.165, 1.54) is 22.9 Å². The second-order valence-corrected chi connectivity index (χ2v) is 7.04. The number of para-hydroxylation sites is 1. The molecule has 144 valence electrons. The number of piperazine rings is 1. The highest BCUT2D eigenvalue weighted by Crippen LogP contribution is 2.25. The van der Waals surface area contributed by atoms with Crippen LogP contribution in [0.5, 0.6) is 0 Å². The van der Waals surface area contributed by atoms with Crippen molar-refractivity contribution >= 4 is 23.1 Å². The number of rotatable bonds is 4. The number of hydrogen-bond acceptors (Lipinski definition) is 5. The molecular weight excluding hydrogens is 353 g/mol. The Balaban J connectivity index is 1.45. The number of halogens is 1. The van der Waals surface area contributed by atoms with Crippen LogP contribution in [-0.2, 0) is 0 Å². The molecule has 3 aromatic rings. The number of hydrogen-bond donors (Lipinski definition) is 1. The zero-order valence-electron chi connectivity index (χ0n) is 16.2. The van der Waals surface area contributed by atoms with Crippen LogP contribution in [0.3, 0.4) is 0 Å². The van der Waals surface area contributed by atoms with Crippen molar-refractivity contribution < 1.29 is 4.39 Å². The van der Waals surface area contributed by atoms with E-state index in [9.17, 15) is 4.39 Å². The number of benzene rings is 2. The monoisotopic (exact) mass is 377 g/mol. The van der Waals surface area contributed by atoms with E-state index in [1.807, 2.05) is 6.07 Å². The molecule has 1 aromatic heterocycles. The number of aromatic nitrogens is 2. The standard InChI is InChI=1S/C22H24FN5/c1-16-6-5-9-20(17(16)2)27-12-14-28(15-13-27)21-10-11-24-22(26-21)25-19-8-4-3-7-18(19)23/h3-11H,12-15H2,1-2H3,(H,24,25,26). The molecule has 0 spiro atoms. The predicted octanol–water partition coefficient (Wildman–Crippen LogP) is 4.30. The SMILES string of the molecule is Cc1cccc(N2CCN(c3ccnc(Nc4ccccc4F)n3)CC2)c1C. The Morgan fingerprint density at radius 2 is 1.64 bits per heavy atom. The van der Waals surface area contributed by atoms with Crippen molar-refractivity contribution in [1.82, 2.24) is 9.97 Å². The summed E-state index contributed by atoms with van der Waals surface area (Å²) in [5, 5.41) is 2.97. The Labute approximate surface area is 164 Å². The lowest BCUT2D eigenvalue weighted by Crippen LogP contribution is -2.47. The maximum absolute atomic E-state index is 13.9. The molecule has 0 radical (unpaired) electrons. The van der Waals surface area contributed by atoms with Gasteiger partial charge >= 0.3 is 0 Å². The van der Waals surface area contributed by atoms with Gasteiger partial charge in [-0.2, -0.15) is 4.98 Å². The van der Waals surface area contributed by atoms with Crippen molar-refractivity contribution in [3.8, 4) is 0 Å². The first-order valence-electron chi connectivity index (χ1n) is 9.52. The topological polar surface area (TPSA) is 44.3 Å². The smallest absolute Gasteiger partial charge is 0.229 e. The first kappa shape index (κ1) is 18.2. The summed E-state index contributed by atoms with van der Waals surface area (Å²) in [6, 6.07) is 14.9. The van der Waals surface area contributed by atoms with Crippen LogP contribution in [0, 0.1) is 19.7 Å². The third-order valence-electron chi connectivity index (χ3n) is 5.28. The van der Waals surface area contributed by atoms with Crippen LogP contribution in [0.25, 0.3) is 0 Å². The van der Waals surface area contributed by atoms with Crippen molar-refractivity contribution in [3.63, 3.8) is 0 Å². The number of anilines is 4. The van der Waals surface area contributed by atoms with Crippen LogP contribution in [0.2, 0.25) is 0 Å². The molecule has 1 saturated heterocycles. The summed E-state index contributed by atoms with van der Waals surface area (Å²) in [4.78, 5) is 13.5. The number of nitrogens with one attached hydrogen (secondary N) is 1. The fourth-order valence-corrected chi connectivity index (χ4v) is 3.52. The predicted molar refractivity (Wildman–Crippen MR) is 112 cm³/mol. The third kappa shape index (κ3) is 3.76. The molecule has 1 N–H and O–H groups in total. The highest BCUT2D eigenvalue weighted by atomic mass is 19.1. The van der Waals surface area contributed by atoms with Gasteiger partial charge in [0.1, 0.15) is 11.6 Å². The highest BCUT2D eigenvalue weighted by Gasteiger charge is 2.20. The van der Waals surface area contributed by atoms with Gasteiger partial charge in [0.25, 0.3) is 0 Å². The maximum Gasteiger partial charge on any atom is 0.229 e. The summed E-state index contributed by atoms with van der Waals surface area (Å²) >= 11 is 0. The second kappa shape index (κ2) is 7.84. The van der Waals surface area contributed by atoms with Crippen molar-refractivity contribution in [2.24, 2.45) is 0 Å². The Morgan fingerprint density at radius 1 is 0.893 bits per heavy atom. The molecule has 0 amide bonds. The fraction of sp³-hybridized carbons (Fsp3) is 0.273. The molecule has 4 rings (SSSR count). The van der Waals surface area contributed by atoms with Crippen LogP contribution >= 0.6 is 0 Å². The van der Waals surface area contributed by atoms with Gasteiger partial charge in [0.2, 0.25) is 5.95 Å². The van der Waals surface area contributed by atoms with Gasteiger partial charge in [-0.15, -0.1) is 0 Å². The normalized spacial score (nSPS) is 14.2. The van der Waals surface area contributed by atoms with Crippen LogP contribution in [-0.4, -0.2) is 36.1 Å². The summed E-state index contributed by atoms with van der Waals surface area (Å²) in [7, 11) is 0. The van der Waals surface area contributed by atoms with E-state index in [0.717, 1.165) is 32.0 Å². The van der Waals surface area contributed by atoms with Crippen molar-refractivity contribution in [2.45, 2.75) is 13.8 Å². The third-order valence-corrected chi connectivity index (χ3v) is 5.28. The lowest BCUT2D eigenvalue weighted by Gasteiger charge is -2.37. The molecule has 0 unspecified atom stereocenters. The molecule has 2 aromatic carbocycles. The average Bonchev–Trinajstić information content (AvgIpc) is 2.72. The van der Waals surface area contributed by atoms with E-state index in [2.05, 4.69) is 57.1 Å². The van der Waals surface area contributed by atoms with Gasteiger partial charge in [0.15, 0.2) is 0 Å². The second-order valence-electron chi connectivity index (χ2n) is 7.04. The van der Waals surface area contributed by atoms with E-state index in [0.29, 0.717) is 11.6 Å². The Kier molecular flexibility index (Phi) is 5.10. The molecular formula is C22H24FN5. The Morgan fingerprint density at radius 3 is 2.43 bits per heavy atom. The zero-order chi connectivity index (χ0) is 19.5. The van der Waals surface area contributed by atoms with E-state index >= 15 is 0 Å². The largest absolute Gasteiger partial charge is 0.368 e. The Bertz CT molecular complexity index is 967. The zero-order valence-corrected chi connectivity index (χ0v) is 16.2.